The van der Waals surface area contributed by atoms with E-state index in [4.69, 9.17) is 11.6 Å². The fourth-order valence-electron chi connectivity index (χ4n) is 2.19. The Morgan fingerprint density at radius 3 is 2.65 bits per heavy atom. The summed E-state index contributed by atoms with van der Waals surface area (Å²) in [6.07, 6.45) is 2.70. The van der Waals surface area contributed by atoms with Crippen LogP contribution in [-0.2, 0) is 0 Å². The Morgan fingerprint density at radius 1 is 1.40 bits per heavy atom. The van der Waals surface area contributed by atoms with Crippen molar-refractivity contribution >= 4 is 23.4 Å². The molecule has 0 bridgehead atoms. The van der Waals surface area contributed by atoms with E-state index < -0.39 is 5.54 Å². The Morgan fingerprint density at radius 2 is 2.10 bits per heavy atom. The molecule has 20 heavy (non-hydrogen) atoms. The van der Waals surface area contributed by atoms with Crippen LogP contribution in [0.4, 0.5) is 0 Å². The second-order valence-corrected chi connectivity index (χ2v) is 6.77. The molecule has 0 radical (unpaired) electrons. The molecular weight excluding hydrogens is 288 g/mol. The van der Waals surface area contributed by atoms with E-state index in [1.807, 2.05) is 24.3 Å². The topological polar surface area (TPSA) is 35.8 Å². The molecule has 1 N–H and O–H groups in total. The Kier molecular flexibility index (Phi) is 7.43. The lowest BCUT2D eigenvalue weighted by Gasteiger charge is -2.29. The first-order chi connectivity index (χ1) is 9.53. The molecule has 0 saturated heterocycles. The summed E-state index contributed by atoms with van der Waals surface area (Å²) in [5.74, 6) is 0.979. The molecule has 1 rings (SSSR count). The van der Waals surface area contributed by atoms with Gasteiger partial charge in [0.2, 0.25) is 0 Å². The predicted octanol–water partition coefficient (Wildman–Crippen LogP) is 4.88. The average molecular weight is 311 g/mol. The highest BCUT2D eigenvalue weighted by Crippen LogP contribution is 2.28. The minimum absolute atomic E-state index is 0.325. The average Bonchev–Trinajstić information content (AvgIpc) is 2.43. The van der Waals surface area contributed by atoms with Crippen LogP contribution in [0.25, 0.3) is 0 Å². The minimum Gasteiger partial charge on any atom is -0.297 e. The van der Waals surface area contributed by atoms with E-state index in [0.29, 0.717) is 6.04 Å². The summed E-state index contributed by atoms with van der Waals surface area (Å²) in [6, 6.07) is 10.7. The van der Waals surface area contributed by atoms with Gasteiger partial charge < -0.3 is 0 Å². The molecule has 1 aromatic carbocycles. The van der Waals surface area contributed by atoms with E-state index in [1.54, 1.807) is 11.8 Å². The van der Waals surface area contributed by atoms with Crippen LogP contribution < -0.4 is 5.32 Å². The molecule has 0 aromatic heterocycles. The van der Waals surface area contributed by atoms with E-state index >= 15 is 0 Å². The van der Waals surface area contributed by atoms with Crippen molar-refractivity contribution < 1.29 is 0 Å². The van der Waals surface area contributed by atoms with E-state index in [1.165, 1.54) is 0 Å². The third kappa shape index (κ3) is 5.36. The zero-order valence-electron chi connectivity index (χ0n) is 12.4. The van der Waals surface area contributed by atoms with Gasteiger partial charge in [-0.05, 0) is 51.0 Å². The van der Waals surface area contributed by atoms with Gasteiger partial charge in [-0.1, -0.05) is 30.7 Å². The molecule has 0 spiro atoms. The lowest BCUT2D eigenvalue weighted by atomic mass is 9.91. The van der Waals surface area contributed by atoms with E-state index in [0.717, 1.165) is 34.9 Å². The summed E-state index contributed by atoms with van der Waals surface area (Å²) in [7, 11) is 0. The Labute approximate surface area is 131 Å². The Hall–Kier alpha value is -0.690. The lowest BCUT2D eigenvalue weighted by Crippen LogP contribution is -2.47. The lowest BCUT2D eigenvalue weighted by molar-refractivity contribution is 0.341. The number of rotatable bonds is 8. The van der Waals surface area contributed by atoms with Crippen molar-refractivity contribution in [3.05, 3.63) is 29.3 Å². The van der Waals surface area contributed by atoms with Crippen molar-refractivity contribution in [1.29, 1.82) is 5.26 Å². The van der Waals surface area contributed by atoms with E-state index in [-0.39, 0.29) is 0 Å². The molecule has 1 atom stereocenters. The fraction of sp³-hybridized carbons (Fsp3) is 0.562. The van der Waals surface area contributed by atoms with Crippen molar-refractivity contribution in [1.82, 2.24) is 5.32 Å². The van der Waals surface area contributed by atoms with Crippen LogP contribution in [0, 0.1) is 11.3 Å². The number of nitrogens with one attached hydrogen (secondary N) is 1. The largest absolute Gasteiger partial charge is 0.297 e. The summed E-state index contributed by atoms with van der Waals surface area (Å²) in [4.78, 5) is 1.12. The van der Waals surface area contributed by atoms with Gasteiger partial charge in [0, 0.05) is 10.9 Å². The maximum atomic E-state index is 9.45. The fourth-order valence-corrected chi connectivity index (χ4v) is 3.38. The van der Waals surface area contributed by atoms with Gasteiger partial charge in [0.1, 0.15) is 5.54 Å². The van der Waals surface area contributed by atoms with Gasteiger partial charge in [-0.15, -0.1) is 11.8 Å². The number of nitrogens with zero attached hydrogens (tertiary/aromatic N) is 1. The predicted molar refractivity (Wildman–Crippen MR) is 88.3 cm³/mol. The highest BCUT2D eigenvalue weighted by atomic mass is 35.5. The second-order valence-electron chi connectivity index (χ2n) is 5.23. The van der Waals surface area contributed by atoms with Crippen LogP contribution in [0.3, 0.4) is 0 Å². The molecule has 1 unspecified atom stereocenters. The number of hydrogen-bond donors (Lipinski definition) is 1. The highest BCUT2D eigenvalue weighted by molar-refractivity contribution is 7.99. The van der Waals surface area contributed by atoms with Gasteiger partial charge in [-0.25, -0.2) is 0 Å². The molecule has 110 valence electrons. The van der Waals surface area contributed by atoms with Crippen molar-refractivity contribution in [2.45, 2.75) is 56.5 Å². The summed E-state index contributed by atoms with van der Waals surface area (Å²) >= 11 is 7.89. The van der Waals surface area contributed by atoms with Crippen molar-refractivity contribution in [2.24, 2.45) is 0 Å². The first-order valence-electron chi connectivity index (χ1n) is 7.09. The molecule has 4 heteroatoms. The number of hydrogen-bond acceptors (Lipinski definition) is 3. The molecule has 2 nitrogen and oxygen atoms in total. The van der Waals surface area contributed by atoms with Gasteiger partial charge in [0.15, 0.2) is 0 Å². The SMILES string of the molecule is CCC(C#N)(CCCSc1ccccc1Cl)NC(C)C. The molecule has 0 aliphatic carbocycles. The molecular formula is C16H23ClN2S. The van der Waals surface area contributed by atoms with Gasteiger partial charge in [0.05, 0.1) is 11.1 Å². The second kappa shape index (κ2) is 8.56. The van der Waals surface area contributed by atoms with Crippen LogP contribution >= 0.6 is 23.4 Å². The van der Waals surface area contributed by atoms with Crippen LogP contribution in [-0.4, -0.2) is 17.3 Å². The smallest absolute Gasteiger partial charge is 0.106 e. The molecule has 0 aliphatic heterocycles. The summed E-state index contributed by atoms with van der Waals surface area (Å²) in [6.45, 7) is 6.24. The molecule has 0 heterocycles. The van der Waals surface area contributed by atoms with Crippen molar-refractivity contribution in [3.8, 4) is 6.07 Å². The van der Waals surface area contributed by atoms with Crippen LogP contribution in [0.2, 0.25) is 5.02 Å². The van der Waals surface area contributed by atoms with Crippen LogP contribution in [0.1, 0.15) is 40.0 Å². The first kappa shape index (κ1) is 17.4. The van der Waals surface area contributed by atoms with Crippen molar-refractivity contribution in [2.75, 3.05) is 5.75 Å². The maximum absolute atomic E-state index is 9.45. The summed E-state index contributed by atoms with van der Waals surface area (Å²) < 4.78 is 0. The number of nitriles is 1. The number of benzene rings is 1. The standard InChI is InChI=1S/C16H23ClN2S/c1-4-16(12-18,19-13(2)3)10-7-11-20-15-9-6-5-8-14(15)17/h5-6,8-9,13,19H,4,7,10-11H2,1-3H3. The van der Waals surface area contributed by atoms with Crippen LogP contribution in [0.5, 0.6) is 0 Å². The van der Waals surface area contributed by atoms with Gasteiger partial charge >= 0.3 is 0 Å². The minimum atomic E-state index is -0.394. The number of halogens is 1. The summed E-state index contributed by atoms with van der Waals surface area (Å²) in [5, 5.41) is 13.7. The zero-order chi connectivity index (χ0) is 15.0. The van der Waals surface area contributed by atoms with E-state index in [9.17, 15) is 5.26 Å². The molecule has 0 aliphatic rings. The highest BCUT2D eigenvalue weighted by Gasteiger charge is 2.27. The summed E-state index contributed by atoms with van der Waals surface area (Å²) in [5.41, 5.74) is -0.394. The molecule has 0 amide bonds. The van der Waals surface area contributed by atoms with Crippen molar-refractivity contribution in [3.63, 3.8) is 0 Å². The zero-order valence-corrected chi connectivity index (χ0v) is 14.0. The van der Waals surface area contributed by atoms with Crippen LogP contribution in [0.15, 0.2) is 29.2 Å². The maximum Gasteiger partial charge on any atom is 0.106 e. The number of thioether (sulfide) groups is 1. The van der Waals surface area contributed by atoms with Gasteiger partial charge in [0.25, 0.3) is 0 Å². The Balaban J connectivity index is 2.46. The normalized spacial score (nSPS) is 14.0. The third-order valence-electron chi connectivity index (χ3n) is 3.22. The molecule has 0 fully saturated rings. The quantitative estimate of drug-likeness (QED) is 0.549. The van der Waals surface area contributed by atoms with E-state index in [2.05, 4.69) is 32.2 Å². The van der Waals surface area contributed by atoms with Gasteiger partial charge in [-0.2, -0.15) is 5.26 Å². The molecule has 1 aromatic rings. The monoisotopic (exact) mass is 310 g/mol. The van der Waals surface area contributed by atoms with Gasteiger partial charge in [-0.3, -0.25) is 5.32 Å². The molecule has 0 saturated carbocycles. The third-order valence-corrected chi connectivity index (χ3v) is 4.83. The Bertz CT molecular complexity index is 456. The first-order valence-corrected chi connectivity index (χ1v) is 8.45.